The van der Waals surface area contributed by atoms with Crippen LogP contribution in [-0.4, -0.2) is 9.97 Å². The molecule has 18 heavy (non-hydrogen) atoms. The maximum Gasteiger partial charge on any atom is 0.138 e. The molecule has 0 fully saturated rings. The Kier molecular flexibility index (Phi) is 3.03. The summed E-state index contributed by atoms with van der Waals surface area (Å²) in [6.45, 7) is 0. The number of halogens is 2. The van der Waals surface area contributed by atoms with Gasteiger partial charge in [-0.3, -0.25) is 0 Å². The highest BCUT2D eigenvalue weighted by atomic mass is 127. The predicted octanol–water partition coefficient (Wildman–Crippen LogP) is 4.18. The summed E-state index contributed by atoms with van der Waals surface area (Å²) >= 11 is 5.67. The Morgan fingerprint density at radius 1 is 1.17 bits per heavy atom. The lowest BCUT2D eigenvalue weighted by molar-refractivity contribution is 1.33. The Hall–Kier alpha value is -1.08. The maximum absolute atomic E-state index is 5.92. The zero-order valence-electron chi connectivity index (χ0n) is 9.24. The molecule has 3 nitrogen and oxygen atoms in total. The molecule has 0 aliphatic heterocycles. The molecule has 3 rings (SSSR count). The molecule has 0 saturated heterocycles. The zero-order valence-corrected chi connectivity index (χ0v) is 13.0. The minimum atomic E-state index is 0.773. The lowest BCUT2D eigenvalue weighted by Gasteiger charge is -2.00. The number of nitrogen functional groups attached to an aromatic ring is 1. The van der Waals surface area contributed by atoms with Crippen LogP contribution in [0.2, 0.25) is 0 Å². The van der Waals surface area contributed by atoms with Crippen LogP contribution in [0.3, 0.4) is 0 Å². The molecular weight excluding hydrogens is 405 g/mol. The Bertz CT molecular complexity index is 736. The smallest absolute Gasteiger partial charge is 0.138 e. The Balaban J connectivity index is 2.16. The van der Waals surface area contributed by atoms with Crippen molar-refractivity contribution in [1.29, 1.82) is 0 Å². The van der Waals surface area contributed by atoms with Crippen LogP contribution in [-0.2, 0) is 0 Å². The first kappa shape index (κ1) is 12.0. The van der Waals surface area contributed by atoms with Gasteiger partial charge >= 0.3 is 0 Å². The van der Waals surface area contributed by atoms with Gasteiger partial charge in [-0.05, 0) is 52.9 Å². The van der Waals surface area contributed by atoms with Crippen molar-refractivity contribution in [3.63, 3.8) is 0 Å². The molecular formula is C13H9BrIN3. The van der Waals surface area contributed by atoms with Crippen molar-refractivity contribution >= 4 is 55.2 Å². The van der Waals surface area contributed by atoms with Crippen molar-refractivity contribution in [2.75, 3.05) is 5.73 Å². The highest BCUT2D eigenvalue weighted by molar-refractivity contribution is 14.1. The number of nitrogens with two attached hydrogens (primary N) is 1. The third-order valence-electron chi connectivity index (χ3n) is 2.71. The van der Waals surface area contributed by atoms with Gasteiger partial charge in [0.05, 0.1) is 11.0 Å². The Labute approximate surface area is 126 Å². The van der Waals surface area contributed by atoms with Gasteiger partial charge in [0.15, 0.2) is 0 Å². The van der Waals surface area contributed by atoms with E-state index < -0.39 is 0 Å². The standard InChI is InChI=1S/C13H9BrIN3/c14-8-2-4-11-12(6-8)18-13(17-11)7-1-3-9(15)10(16)5-7/h1-6H,16H2,(H,17,18). The molecule has 0 spiro atoms. The highest BCUT2D eigenvalue weighted by Crippen LogP contribution is 2.26. The first-order chi connectivity index (χ1) is 8.63. The lowest BCUT2D eigenvalue weighted by Crippen LogP contribution is -1.90. The van der Waals surface area contributed by atoms with Gasteiger partial charge < -0.3 is 10.7 Å². The fourth-order valence-electron chi connectivity index (χ4n) is 1.81. The van der Waals surface area contributed by atoms with Gasteiger partial charge in [0, 0.05) is 19.3 Å². The van der Waals surface area contributed by atoms with Crippen molar-refractivity contribution in [1.82, 2.24) is 9.97 Å². The van der Waals surface area contributed by atoms with E-state index in [1.165, 1.54) is 0 Å². The Morgan fingerprint density at radius 3 is 2.78 bits per heavy atom. The molecule has 1 aromatic heterocycles. The van der Waals surface area contributed by atoms with Gasteiger partial charge in [0.1, 0.15) is 5.82 Å². The summed E-state index contributed by atoms with van der Waals surface area (Å²) in [7, 11) is 0. The molecule has 0 unspecified atom stereocenters. The van der Waals surface area contributed by atoms with Gasteiger partial charge in [0.2, 0.25) is 0 Å². The number of nitrogens with zero attached hydrogens (tertiary/aromatic N) is 1. The van der Waals surface area contributed by atoms with Crippen LogP contribution in [0.5, 0.6) is 0 Å². The number of benzene rings is 2. The van der Waals surface area contributed by atoms with Gasteiger partial charge in [-0.1, -0.05) is 22.0 Å². The van der Waals surface area contributed by atoms with Crippen molar-refractivity contribution in [3.05, 3.63) is 44.4 Å². The number of H-pyrrole nitrogens is 1. The average Bonchev–Trinajstić information content (AvgIpc) is 2.75. The van der Waals surface area contributed by atoms with E-state index in [0.717, 1.165) is 36.2 Å². The molecule has 90 valence electrons. The van der Waals surface area contributed by atoms with Crippen LogP contribution in [0.4, 0.5) is 5.69 Å². The van der Waals surface area contributed by atoms with Crippen molar-refractivity contribution < 1.29 is 0 Å². The molecule has 0 radical (unpaired) electrons. The Morgan fingerprint density at radius 2 is 2.00 bits per heavy atom. The van der Waals surface area contributed by atoms with Crippen LogP contribution < -0.4 is 5.73 Å². The number of aromatic nitrogens is 2. The van der Waals surface area contributed by atoms with Gasteiger partial charge in [-0.25, -0.2) is 4.98 Å². The minimum Gasteiger partial charge on any atom is -0.398 e. The van der Waals surface area contributed by atoms with Gasteiger partial charge in [-0.15, -0.1) is 0 Å². The molecule has 0 bridgehead atoms. The molecule has 2 aromatic carbocycles. The average molecular weight is 414 g/mol. The summed E-state index contributed by atoms with van der Waals surface area (Å²) in [5.41, 5.74) is 9.65. The van der Waals surface area contributed by atoms with Crippen molar-refractivity contribution in [2.45, 2.75) is 0 Å². The van der Waals surface area contributed by atoms with E-state index in [0.29, 0.717) is 0 Å². The normalized spacial score (nSPS) is 11.0. The number of anilines is 1. The second kappa shape index (κ2) is 4.55. The molecule has 5 heteroatoms. The topological polar surface area (TPSA) is 54.7 Å². The first-order valence-electron chi connectivity index (χ1n) is 5.34. The van der Waals surface area contributed by atoms with Gasteiger partial charge in [0.25, 0.3) is 0 Å². The van der Waals surface area contributed by atoms with E-state index in [-0.39, 0.29) is 0 Å². The van der Waals surface area contributed by atoms with Crippen molar-refractivity contribution in [2.24, 2.45) is 0 Å². The number of nitrogens with one attached hydrogen (secondary N) is 1. The highest BCUT2D eigenvalue weighted by Gasteiger charge is 2.07. The number of hydrogen-bond acceptors (Lipinski definition) is 2. The molecule has 3 N–H and O–H groups in total. The molecule has 1 heterocycles. The lowest BCUT2D eigenvalue weighted by atomic mass is 10.2. The van der Waals surface area contributed by atoms with Gasteiger partial charge in [-0.2, -0.15) is 0 Å². The number of rotatable bonds is 1. The third-order valence-corrected chi connectivity index (χ3v) is 4.19. The predicted molar refractivity (Wildman–Crippen MR) is 86.4 cm³/mol. The summed E-state index contributed by atoms with van der Waals surface area (Å²) in [6.07, 6.45) is 0. The quantitative estimate of drug-likeness (QED) is 0.464. The number of aromatic amines is 1. The zero-order chi connectivity index (χ0) is 12.7. The van der Waals surface area contributed by atoms with Crippen molar-refractivity contribution in [3.8, 4) is 11.4 Å². The molecule has 0 amide bonds. The fraction of sp³-hybridized carbons (Fsp3) is 0. The summed E-state index contributed by atoms with van der Waals surface area (Å²) in [4.78, 5) is 7.86. The van der Waals surface area contributed by atoms with E-state index in [4.69, 9.17) is 5.73 Å². The molecule has 0 atom stereocenters. The molecule has 0 aliphatic rings. The summed E-state index contributed by atoms with van der Waals surface area (Å²) in [6, 6.07) is 11.9. The van der Waals surface area contributed by atoms with Crippen LogP contribution in [0, 0.1) is 3.57 Å². The van der Waals surface area contributed by atoms with Crippen LogP contribution >= 0.6 is 38.5 Å². The second-order valence-corrected chi connectivity index (χ2v) is 6.06. The van der Waals surface area contributed by atoms with E-state index in [2.05, 4.69) is 48.5 Å². The largest absolute Gasteiger partial charge is 0.398 e. The maximum atomic E-state index is 5.92. The van der Waals surface area contributed by atoms with E-state index in [1.54, 1.807) is 0 Å². The summed E-state index contributed by atoms with van der Waals surface area (Å²) < 4.78 is 2.09. The SMILES string of the molecule is Nc1cc(-c2nc3ccc(Br)cc3[nH]2)ccc1I. The molecule has 0 aliphatic carbocycles. The van der Waals surface area contributed by atoms with E-state index in [9.17, 15) is 0 Å². The monoisotopic (exact) mass is 413 g/mol. The van der Waals surface area contributed by atoms with Crippen LogP contribution in [0.1, 0.15) is 0 Å². The second-order valence-electron chi connectivity index (χ2n) is 3.98. The first-order valence-corrected chi connectivity index (χ1v) is 7.21. The summed E-state index contributed by atoms with van der Waals surface area (Å²) in [5, 5.41) is 0. The van der Waals surface area contributed by atoms with Crippen LogP contribution in [0.25, 0.3) is 22.4 Å². The molecule has 0 saturated carbocycles. The van der Waals surface area contributed by atoms with E-state index in [1.807, 2.05) is 36.4 Å². The fourth-order valence-corrected chi connectivity index (χ4v) is 2.51. The van der Waals surface area contributed by atoms with E-state index >= 15 is 0 Å². The number of fused-ring (bicyclic) bond motifs is 1. The third kappa shape index (κ3) is 2.12. The minimum absolute atomic E-state index is 0.773. The number of imidazole rings is 1. The summed E-state index contributed by atoms with van der Waals surface area (Å²) in [5.74, 6) is 0.839. The number of hydrogen-bond donors (Lipinski definition) is 2. The molecule has 3 aromatic rings. The van der Waals surface area contributed by atoms with Crippen LogP contribution in [0.15, 0.2) is 40.9 Å².